The number of hydrogen-bond acceptors (Lipinski definition) is 6. The Labute approximate surface area is 146 Å². The molecule has 2 aromatic heterocycles. The topological polar surface area (TPSA) is 45.2 Å². The van der Waals surface area contributed by atoms with Crippen LogP contribution in [-0.4, -0.2) is 46.0 Å². The van der Waals surface area contributed by atoms with Gasteiger partial charge < -0.3 is 4.90 Å². The van der Waals surface area contributed by atoms with Crippen LogP contribution in [0.2, 0.25) is 0 Å². The van der Waals surface area contributed by atoms with Gasteiger partial charge in [-0.25, -0.2) is 15.0 Å². The Morgan fingerprint density at radius 3 is 2.58 bits per heavy atom. The van der Waals surface area contributed by atoms with Gasteiger partial charge >= 0.3 is 0 Å². The van der Waals surface area contributed by atoms with Gasteiger partial charge in [-0.15, -0.1) is 11.3 Å². The maximum Gasteiger partial charge on any atom is 0.134 e. The molecule has 0 aromatic carbocycles. The maximum absolute atomic E-state index is 4.62. The monoisotopic (exact) mass is 341 g/mol. The molecule has 126 valence electrons. The molecule has 2 aromatic rings. The van der Waals surface area contributed by atoms with E-state index >= 15 is 0 Å². The van der Waals surface area contributed by atoms with Gasteiger partial charge in [-0.3, -0.25) is 4.90 Å². The molecule has 0 radical (unpaired) electrons. The number of likely N-dealkylation sites (tertiary alicyclic amines) is 1. The van der Waals surface area contributed by atoms with Crippen molar-refractivity contribution in [3.8, 4) is 0 Å². The third-order valence-electron chi connectivity index (χ3n) is 5.61. The highest BCUT2D eigenvalue weighted by atomic mass is 32.1. The zero-order valence-electron chi connectivity index (χ0n) is 14.1. The molecule has 3 aliphatic rings. The van der Waals surface area contributed by atoms with Crippen LogP contribution < -0.4 is 4.90 Å². The van der Waals surface area contributed by atoms with Crippen molar-refractivity contribution in [3.63, 3.8) is 0 Å². The van der Waals surface area contributed by atoms with E-state index in [4.69, 9.17) is 0 Å². The van der Waals surface area contributed by atoms with Crippen molar-refractivity contribution in [1.29, 1.82) is 0 Å². The van der Waals surface area contributed by atoms with Crippen LogP contribution in [-0.2, 0) is 6.54 Å². The quantitative estimate of drug-likeness (QED) is 0.855. The lowest BCUT2D eigenvalue weighted by molar-refractivity contribution is 0.311. The summed E-state index contributed by atoms with van der Waals surface area (Å²) in [5, 5.41) is 1.37. The van der Waals surface area contributed by atoms with E-state index in [1.807, 2.05) is 17.5 Å². The lowest BCUT2D eigenvalue weighted by Crippen LogP contribution is -2.29. The largest absolute Gasteiger partial charge is 0.356 e. The van der Waals surface area contributed by atoms with Crippen LogP contribution in [0, 0.1) is 18.8 Å². The molecule has 5 nitrogen and oxygen atoms in total. The SMILES string of the molecule is Cc1cncnc1N1CC2CN(Cc3cnc(C4CC4)s3)CC2C1. The van der Waals surface area contributed by atoms with Crippen LogP contribution in [0.5, 0.6) is 0 Å². The van der Waals surface area contributed by atoms with Crippen molar-refractivity contribution in [3.05, 3.63) is 34.2 Å². The second-order valence-corrected chi connectivity index (χ2v) is 8.73. The fraction of sp³-hybridized carbons (Fsp3) is 0.611. The Balaban J connectivity index is 1.21. The molecule has 2 saturated heterocycles. The molecule has 2 unspecified atom stereocenters. The number of anilines is 1. The molecule has 2 atom stereocenters. The Hall–Kier alpha value is -1.53. The van der Waals surface area contributed by atoms with E-state index in [0.717, 1.165) is 43.2 Å². The summed E-state index contributed by atoms with van der Waals surface area (Å²) >= 11 is 1.94. The van der Waals surface area contributed by atoms with Gasteiger partial charge in [0.15, 0.2) is 0 Å². The normalized spacial score (nSPS) is 27.0. The van der Waals surface area contributed by atoms with Crippen molar-refractivity contribution in [2.75, 3.05) is 31.1 Å². The molecule has 0 N–H and O–H groups in total. The minimum absolute atomic E-state index is 0.773. The lowest BCUT2D eigenvalue weighted by Gasteiger charge is -2.22. The van der Waals surface area contributed by atoms with Crippen molar-refractivity contribution in [1.82, 2.24) is 19.9 Å². The average molecular weight is 341 g/mol. The molecule has 0 spiro atoms. The number of aromatic nitrogens is 3. The highest BCUT2D eigenvalue weighted by Crippen LogP contribution is 2.42. The number of rotatable bonds is 4. The first-order valence-corrected chi connectivity index (χ1v) is 9.76. The summed E-state index contributed by atoms with van der Waals surface area (Å²) in [6, 6.07) is 0. The first-order valence-electron chi connectivity index (χ1n) is 8.95. The van der Waals surface area contributed by atoms with Gasteiger partial charge in [0, 0.05) is 61.5 Å². The Morgan fingerprint density at radius 1 is 1.08 bits per heavy atom. The van der Waals surface area contributed by atoms with Gasteiger partial charge in [0.2, 0.25) is 0 Å². The Bertz CT molecular complexity index is 727. The number of hydrogen-bond donors (Lipinski definition) is 0. The second-order valence-electron chi connectivity index (χ2n) is 7.59. The van der Waals surface area contributed by atoms with Crippen molar-refractivity contribution in [2.24, 2.45) is 11.8 Å². The zero-order valence-corrected chi connectivity index (χ0v) is 14.9. The number of nitrogens with zero attached hydrogens (tertiary/aromatic N) is 5. The van der Waals surface area contributed by atoms with Crippen LogP contribution >= 0.6 is 11.3 Å². The first-order chi connectivity index (χ1) is 11.8. The van der Waals surface area contributed by atoms with E-state index in [9.17, 15) is 0 Å². The first kappa shape index (κ1) is 14.8. The molecular formula is C18H23N5S. The highest BCUT2D eigenvalue weighted by molar-refractivity contribution is 7.11. The predicted octanol–water partition coefficient (Wildman–Crippen LogP) is 2.69. The van der Waals surface area contributed by atoms with Gasteiger partial charge in [0.25, 0.3) is 0 Å². The molecule has 2 aliphatic heterocycles. The molecule has 0 amide bonds. The summed E-state index contributed by atoms with van der Waals surface area (Å²) in [7, 11) is 0. The number of aryl methyl sites for hydroxylation is 1. The summed E-state index contributed by atoms with van der Waals surface area (Å²) in [5.74, 6) is 3.46. The summed E-state index contributed by atoms with van der Waals surface area (Å²) in [4.78, 5) is 19.8. The van der Waals surface area contributed by atoms with E-state index in [1.54, 1.807) is 6.33 Å². The lowest BCUT2D eigenvalue weighted by atomic mass is 10.0. The summed E-state index contributed by atoms with van der Waals surface area (Å²) in [6.45, 7) is 7.88. The van der Waals surface area contributed by atoms with Crippen LogP contribution in [0.1, 0.15) is 34.2 Å². The van der Waals surface area contributed by atoms with E-state index in [2.05, 4.69) is 37.9 Å². The fourth-order valence-electron chi connectivity index (χ4n) is 4.25. The van der Waals surface area contributed by atoms with Crippen molar-refractivity contribution < 1.29 is 0 Å². The zero-order chi connectivity index (χ0) is 16.1. The highest BCUT2D eigenvalue weighted by Gasteiger charge is 2.40. The average Bonchev–Trinajstić information content (AvgIpc) is 3.02. The van der Waals surface area contributed by atoms with E-state index in [1.165, 1.54) is 41.4 Å². The van der Waals surface area contributed by atoms with E-state index in [0.29, 0.717) is 0 Å². The smallest absolute Gasteiger partial charge is 0.134 e. The molecule has 4 heterocycles. The third kappa shape index (κ3) is 2.71. The molecule has 5 rings (SSSR count). The Kier molecular flexibility index (Phi) is 3.56. The molecule has 1 saturated carbocycles. The summed E-state index contributed by atoms with van der Waals surface area (Å²) in [5.41, 5.74) is 1.19. The molecule has 6 heteroatoms. The number of fused-ring (bicyclic) bond motifs is 1. The minimum atomic E-state index is 0.773. The van der Waals surface area contributed by atoms with Gasteiger partial charge in [-0.1, -0.05) is 0 Å². The minimum Gasteiger partial charge on any atom is -0.356 e. The van der Waals surface area contributed by atoms with Crippen LogP contribution in [0.4, 0.5) is 5.82 Å². The van der Waals surface area contributed by atoms with Crippen molar-refractivity contribution >= 4 is 17.2 Å². The molecule has 0 bridgehead atoms. The third-order valence-corrected chi connectivity index (χ3v) is 6.75. The van der Waals surface area contributed by atoms with E-state index in [-0.39, 0.29) is 0 Å². The summed E-state index contributed by atoms with van der Waals surface area (Å²) < 4.78 is 0. The Morgan fingerprint density at radius 2 is 1.88 bits per heavy atom. The van der Waals surface area contributed by atoms with Gasteiger partial charge in [0.05, 0.1) is 5.01 Å². The van der Waals surface area contributed by atoms with Crippen LogP contribution in [0.25, 0.3) is 0 Å². The number of thiazole rings is 1. The predicted molar refractivity (Wildman–Crippen MR) is 95.3 cm³/mol. The van der Waals surface area contributed by atoms with Crippen molar-refractivity contribution in [2.45, 2.75) is 32.2 Å². The van der Waals surface area contributed by atoms with E-state index < -0.39 is 0 Å². The second kappa shape index (κ2) is 5.77. The van der Waals surface area contributed by atoms with Gasteiger partial charge in [-0.2, -0.15) is 0 Å². The van der Waals surface area contributed by atoms with Crippen LogP contribution in [0.15, 0.2) is 18.7 Å². The maximum atomic E-state index is 4.62. The van der Waals surface area contributed by atoms with Gasteiger partial charge in [0.1, 0.15) is 12.1 Å². The standard InChI is InChI=1S/C18H23N5S/c1-12-4-19-11-21-17(12)23-8-14-6-22(7-15(14)9-23)10-16-5-20-18(24-16)13-2-3-13/h4-5,11,13-15H,2-3,6-10H2,1H3. The molecule has 1 aliphatic carbocycles. The fourth-order valence-corrected chi connectivity index (χ4v) is 5.38. The van der Waals surface area contributed by atoms with Gasteiger partial charge in [-0.05, 0) is 31.6 Å². The molecular weight excluding hydrogens is 318 g/mol. The van der Waals surface area contributed by atoms with Crippen LogP contribution in [0.3, 0.4) is 0 Å². The molecule has 24 heavy (non-hydrogen) atoms. The molecule has 3 fully saturated rings. The summed E-state index contributed by atoms with van der Waals surface area (Å²) in [6.07, 6.45) is 8.40.